The Morgan fingerprint density at radius 2 is 1.61 bits per heavy atom. The van der Waals surface area contributed by atoms with Gasteiger partial charge in [-0.05, 0) is 64.6 Å². The maximum absolute atomic E-state index is 12.9. The molecule has 1 nitrogen and oxygen atoms in total. The second-order valence-electron chi connectivity index (χ2n) is 7.81. The highest BCUT2D eigenvalue weighted by atomic mass is 19.1. The molecule has 0 bridgehead atoms. The van der Waals surface area contributed by atoms with Gasteiger partial charge in [0.25, 0.3) is 0 Å². The summed E-state index contributed by atoms with van der Waals surface area (Å²) in [5, 5.41) is 0. The third-order valence-corrected chi connectivity index (χ3v) is 5.07. The van der Waals surface area contributed by atoms with Crippen LogP contribution in [0, 0.1) is 11.9 Å². The van der Waals surface area contributed by atoms with E-state index < -0.39 is 0 Å². The van der Waals surface area contributed by atoms with Gasteiger partial charge in [-0.3, -0.25) is 0 Å². The quantitative estimate of drug-likeness (QED) is 0.721. The average molecular weight is 311 g/mol. The second-order valence-corrected chi connectivity index (χ2v) is 7.81. The lowest BCUT2D eigenvalue weighted by molar-refractivity contribution is 0.298. The van der Waals surface area contributed by atoms with Gasteiger partial charge in [0.05, 0.1) is 0 Å². The normalized spacial score (nSPS) is 18.3. The minimum absolute atomic E-state index is 0.161. The average Bonchev–Trinajstić information content (AvgIpc) is 2.51. The van der Waals surface area contributed by atoms with Crippen molar-refractivity contribution >= 4 is 0 Å². The van der Waals surface area contributed by atoms with E-state index in [0.29, 0.717) is 6.61 Å². The van der Waals surface area contributed by atoms with Crippen molar-refractivity contribution in [2.75, 3.05) is 0 Å². The maximum Gasteiger partial charge on any atom is 0.128 e. The number of hydrogen-bond acceptors (Lipinski definition) is 1. The second kappa shape index (κ2) is 5.67. The van der Waals surface area contributed by atoms with E-state index in [4.69, 9.17) is 4.74 Å². The van der Waals surface area contributed by atoms with Crippen LogP contribution in [0.3, 0.4) is 0 Å². The van der Waals surface area contributed by atoms with E-state index in [0.717, 1.165) is 11.3 Å². The van der Waals surface area contributed by atoms with Crippen molar-refractivity contribution in [1.82, 2.24) is 0 Å². The summed E-state index contributed by atoms with van der Waals surface area (Å²) < 4.78 is 18.8. The fourth-order valence-electron chi connectivity index (χ4n) is 3.31. The van der Waals surface area contributed by atoms with Crippen LogP contribution in [-0.2, 0) is 17.4 Å². The molecule has 0 heterocycles. The number of rotatable bonds is 3. The molecule has 3 rings (SSSR count). The number of halogens is 1. The van der Waals surface area contributed by atoms with Crippen LogP contribution in [0.1, 0.15) is 57.2 Å². The van der Waals surface area contributed by atoms with Gasteiger partial charge in [0.2, 0.25) is 0 Å². The summed E-state index contributed by atoms with van der Waals surface area (Å²) in [6.07, 6.45) is 2.37. The third-order valence-electron chi connectivity index (χ3n) is 5.07. The van der Waals surface area contributed by atoms with Gasteiger partial charge in [0.1, 0.15) is 18.2 Å². The van der Waals surface area contributed by atoms with Crippen LogP contribution in [0.2, 0.25) is 0 Å². The topological polar surface area (TPSA) is 9.23 Å². The van der Waals surface area contributed by atoms with E-state index >= 15 is 0 Å². The lowest BCUT2D eigenvalue weighted by atomic mass is 9.63. The van der Waals surface area contributed by atoms with Gasteiger partial charge in [0.15, 0.2) is 0 Å². The van der Waals surface area contributed by atoms with Crippen molar-refractivity contribution in [3.63, 3.8) is 0 Å². The number of fused-ring (bicyclic) bond motifs is 1. The Balaban J connectivity index is 1.84. The summed E-state index contributed by atoms with van der Waals surface area (Å²) in [6.45, 7) is 9.62. The third kappa shape index (κ3) is 3.26. The molecule has 2 aromatic carbocycles. The molecule has 2 heteroatoms. The first kappa shape index (κ1) is 16.0. The van der Waals surface area contributed by atoms with Crippen molar-refractivity contribution < 1.29 is 9.13 Å². The van der Waals surface area contributed by atoms with Crippen molar-refractivity contribution in [3.05, 3.63) is 65.0 Å². The van der Waals surface area contributed by atoms with Crippen molar-refractivity contribution in [3.8, 4) is 5.75 Å². The molecular weight excluding hydrogens is 287 g/mol. The van der Waals surface area contributed by atoms with E-state index in [9.17, 15) is 4.39 Å². The molecule has 0 saturated heterocycles. The minimum Gasteiger partial charge on any atom is -0.488 e. The molecule has 1 radical (unpaired) electrons. The fraction of sp³-hybridized carbons (Fsp3) is 0.429. The fourth-order valence-corrected chi connectivity index (χ4v) is 3.31. The molecule has 0 spiro atoms. The monoisotopic (exact) mass is 311 g/mol. The molecule has 1 aliphatic rings. The van der Waals surface area contributed by atoms with Crippen LogP contribution in [0.4, 0.5) is 4.39 Å². The first-order chi connectivity index (χ1) is 10.8. The van der Waals surface area contributed by atoms with Crippen LogP contribution in [-0.4, -0.2) is 0 Å². The van der Waals surface area contributed by atoms with E-state index in [1.54, 1.807) is 12.1 Å². The number of hydrogen-bond donors (Lipinski definition) is 0. The number of benzene rings is 2. The number of ether oxygens (including phenoxy) is 1. The van der Waals surface area contributed by atoms with Gasteiger partial charge >= 0.3 is 0 Å². The molecule has 0 N–H and O–H groups in total. The molecule has 0 unspecified atom stereocenters. The van der Waals surface area contributed by atoms with Crippen LogP contribution < -0.4 is 4.74 Å². The molecule has 0 atom stereocenters. The Hall–Kier alpha value is -1.83. The molecule has 0 amide bonds. The predicted octanol–water partition coefficient (Wildman–Crippen LogP) is 5.55. The van der Waals surface area contributed by atoms with Gasteiger partial charge in [-0.15, -0.1) is 0 Å². The van der Waals surface area contributed by atoms with Crippen LogP contribution in [0.5, 0.6) is 5.75 Å². The SMILES string of the molecule is CC1(C)CCC(C)(C)c2cc(OCc3ccc(F)cc3)[c]cc21. The highest BCUT2D eigenvalue weighted by Gasteiger charge is 2.37. The van der Waals surface area contributed by atoms with E-state index in [1.807, 2.05) is 0 Å². The zero-order valence-electron chi connectivity index (χ0n) is 14.4. The Bertz CT molecular complexity index is 698. The minimum atomic E-state index is -0.224. The van der Waals surface area contributed by atoms with Crippen molar-refractivity contribution in [2.45, 2.75) is 58.0 Å². The highest BCUT2D eigenvalue weighted by Crippen LogP contribution is 2.46. The van der Waals surface area contributed by atoms with Gasteiger partial charge in [-0.25, -0.2) is 4.39 Å². The zero-order valence-corrected chi connectivity index (χ0v) is 14.4. The van der Waals surface area contributed by atoms with E-state index in [-0.39, 0.29) is 16.6 Å². The highest BCUT2D eigenvalue weighted by molar-refractivity contribution is 5.45. The molecule has 121 valence electrons. The predicted molar refractivity (Wildman–Crippen MR) is 91.3 cm³/mol. The summed E-state index contributed by atoms with van der Waals surface area (Å²) in [5.74, 6) is 0.539. The maximum atomic E-state index is 12.9. The molecule has 2 aromatic rings. The van der Waals surface area contributed by atoms with Crippen LogP contribution in [0.25, 0.3) is 0 Å². The van der Waals surface area contributed by atoms with Crippen molar-refractivity contribution in [2.24, 2.45) is 0 Å². The van der Waals surface area contributed by atoms with Gasteiger partial charge in [0, 0.05) is 6.07 Å². The lowest BCUT2D eigenvalue weighted by Crippen LogP contribution is -2.33. The van der Waals surface area contributed by atoms with Crippen molar-refractivity contribution in [1.29, 1.82) is 0 Å². The summed E-state index contributed by atoms with van der Waals surface area (Å²) in [6, 6.07) is 13.9. The van der Waals surface area contributed by atoms with E-state index in [1.165, 1.54) is 36.1 Å². The van der Waals surface area contributed by atoms with E-state index in [2.05, 4.69) is 45.9 Å². The van der Waals surface area contributed by atoms with Crippen LogP contribution >= 0.6 is 0 Å². The Kier molecular flexibility index (Phi) is 3.95. The van der Waals surface area contributed by atoms with Crippen LogP contribution in [0.15, 0.2) is 36.4 Å². The molecule has 1 aliphatic carbocycles. The molecule has 0 aliphatic heterocycles. The van der Waals surface area contributed by atoms with Gasteiger partial charge in [-0.1, -0.05) is 39.8 Å². The molecule has 0 fully saturated rings. The standard InChI is InChI=1S/C21H24FO/c1-20(2)11-12-21(3,4)19-13-17(9-10-18(19)20)23-14-15-5-7-16(22)8-6-15/h5-8,10,13H,11-12,14H2,1-4H3. The largest absolute Gasteiger partial charge is 0.488 e. The lowest BCUT2D eigenvalue weighted by Gasteiger charge is -2.41. The molecule has 0 aromatic heterocycles. The summed E-state index contributed by atoms with van der Waals surface area (Å²) >= 11 is 0. The first-order valence-electron chi connectivity index (χ1n) is 8.22. The summed E-state index contributed by atoms with van der Waals surface area (Å²) in [7, 11) is 0. The molecule has 23 heavy (non-hydrogen) atoms. The molecular formula is C21H24FO. The molecule has 0 saturated carbocycles. The Morgan fingerprint density at radius 1 is 1.00 bits per heavy atom. The Labute approximate surface area is 138 Å². The zero-order chi connectivity index (χ0) is 16.7. The first-order valence-corrected chi connectivity index (χ1v) is 8.22. The van der Waals surface area contributed by atoms with Gasteiger partial charge < -0.3 is 4.74 Å². The summed E-state index contributed by atoms with van der Waals surface area (Å²) in [5.41, 5.74) is 4.05. The Morgan fingerprint density at radius 3 is 2.26 bits per heavy atom. The summed E-state index contributed by atoms with van der Waals surface area (Å²) in [4.78, 5) is 0. The smallest absolute Gasteiger partial charge is 0.128 e. The van der Waals surface area contributed by atoms with Gasteiger partial charge in [-0.2, -0.15) is 0 Å².